The molecule has 1 aromatic carbocycles. The number of likely N-dealkylation sites (tertiary alicyclic amines) is 1. The van der Waals surface area contributed by atoms with Crippen LogP contribution in [0.5, 0.6) is 0 Å². The molecular weight excluding hydrogens is 268 g/mol. The number of allylic oxidation sites excluding steroid dienone is 1. The number of rotatable bonds is 7. The quantitative estimate of drug-likeness (QED) is 0.759. The number of hydrogen-bond donors (Lipinski definition) is 1. The van der Waals surface area contributed by atoms with Crippen molar-refractivity contribution in [3.8, 4) is 0 Å². The highest BCUT2D eigenvalue weighted by Gasteiger charge is 2.16. The molecular formula is C20H33N2+. The fourth-order valence-corrected chi connectivity index (χ4v) is 3.13. The van der Waals surface area contributed by atoms with E-state index in [1.54, 1.807) is 0 Å². The maximum Gasteiger partial charge on any atom is 0.130 e. The molecule has 1 aliphatic heterocycles. The second kappa shape index (κ2) is 9.12. The van der Waals surface area contributed by atoms with Crippen LogP contribution in [0.1, 0.15) is 44.6 Å². The molecule has 0 saturated carbocycles. The molecule has 1 aliphatic rings. The van der Waals surface area contributed by atoms with E-state index in [0.29, 0.717) is 0 Å². The Morgan fingerprint density at radius 3 is 2.36 bits per heavy atom. The molecule has 0 amide bonds. The molecule has 1 aromatic rings. The molecule has 1 N–H and O–H groups in total. The standard InChI is InChI=1S/C20H32N2/c1-4-5-6-15-22-16-13-19(14-17-22)8-7-18-9-11-20(12-10-18)21(2)3/h7-12,19H,4-6,13-17H2,1-3H3/p+1/b8-7+. The van der Waals surface area contributed by atoms with Gasteiger partial charge in [-0.1, -0.05) is 31.9 Å². The predicted octanol–water partition coefficient (Wildman–Crippen LogP) is 3.38. The molecule has 22 heavy (non-hydrogen) atoms. The molecule has 122 valence electrons. The van der Waals surface area contributed by atoms with Crippen LogP contribution in [0, 0.1) is 5.92 Å². The van der Waals surface area contributed by atoms with Crippen LogP contribution in [0.2, 0.25) is 0 Å². The van der Waals surface area contributed by atoms with Gasteiger partial charge in [0, 0.05) is 0 Å². The van der Waals surface area contributed by atoms with Crippen molar-refractivity contribution >= 4 is 11.8 Å². The highest BCUT2D eigenvalue weighted by Crippen LogP contribution is 2.20. The number of piperidine rings is 1. The molecule has 0 unspecified atom stereocenters. The van der Waals surface area contributed by atoms with E-state index in [-0.39, 0.29) is 0 Å². The van der Waals surface area contributed by atoms with Gasteiger partial charge in [0.15, 0.2) is 0 Å². The molecule has 2 rings (SSSR count). The number of hydrogen-bond acceptors (Lipinski definition) is 1. The van der Waals surface area contributed by atoms with Crippen LogP contribution in [-0.2, 0) is 0 Å². The van der Waals surface area contributed by atoms with E-state index in [1.807, 2.05) is 0 Å². The lowest BCUT2D eigenvalue weighted by molar-refractivity contribution is -0.786. The summed E-state index contributed by atoms with van der Waals surface area (Å²) in [6.45, 7) is 6.14. The van der Waals surface area contributed by atoms with Crippen LogP contribution in [0.15, 0.2) is 30.3 Å². The van der Waals surface area contributed by atoms with E-state index in [9.17, 15) is 0 Å². The minimum absolute atomic E-state index is 0.765. The van der Waals surface area contributed by atoms with Crippen molar-refractivity contribution in [2.45, 2.75) is 39.0 Å². The second-order valence-corrected chi connectivity index (χ2v) is 6.87. The summed E-state index contributed by atoms with van der Waals surface area (Å²) in [5, 5.41) is 0. The average molecular weight is 301 g/mol. The Balaban J connectivity index is 1.75. The summed E-state index contributed by atoms with van der Waals surface area (Å²) in [7, 11) is 4.33. The van der Waals surface area contributed by atoms with E-state index < -0.39 is 0 Å². The zero-order chi connectivity index (χ0) is 15.8. The van der Waals surface area contributed by atoms with Crippen molar-refractivity contribution in [2.75, 3.05) is 33.7 Å². The van der Waals surface area contributed by atoms with Gasteiger partial charge in [0.25, 0.3) is 0 Å². The van der Waals surface area contributed by atoms with Gasteiger partial charge < -0.3 is 9.80 Å². The van der Waals surface area contributed by atoms with Crippen LogP contribution in [0.3, 0.4) is 0 Å². The molecule has 1 saturated heterocycles. The van der Waals surface area contributed by atoms with E-state index in [2.05, 4.69) is 62.3 Å². The summed E-state index contributed by atoms with van der Waals surface area (Å²) in [5.41, 5.74) is 2.67. The van der Waals surface area contributed by atoms with Gasteiger partial charge in [-0.3, -0.25) is 0 Å². The van der Waals surface area contributed by atoms with Crippen LogP contribution in [-0.4, -0.2) is 38.6 Å². The maximum absolute atomic E-state index is 2.65. The van der Waals surface area contributed by atoms with Crippen LogP contribution in [0.25, 0.3) is 6.08 Å². The number of benzene rings is 1. The maximum atomic E-state index is 2.65. The molecule has 0 spiro atoms. The zero-order valence-corrected chi connectivity index (χ0v) is 14.6. The Hall–Kier alpha value is -1.12. The van der Waals surface area contributed by atoms with Crippen LogP contribution >= 0.6 is 0 Å². The van der Waals surface area contributed by atoms with Crippen molar-refractivity contribution in [3.05, 3.63) is 35.9 Å². The number of nitrogens with zero attached hydrogens (tertiary/aromatic N) is 1. The molecule has 0 aliphatic carbocycles. The number of unbranched alkanes of at least 4 members (excludes halogenated alkanes) is 2. The first-order valence-electron chi connectivity index (χ1n) is 9.00. The Morgan fingerprint density at radius 1 is 1.09 bits per heavy atom. The molecule has 0 aromatic heterocycles. The Bertz CT molecular complexity index is 439. The minimum Gasteiger partial charge on any atom is -0.307 e. The highest BCUT2D eigenvalue weighted by atomic mass is 15.1. The fourth-order valence-electron chi connectivity index (χ4n) is 3.13. The molecule has 2 heteroatoms. The van der Waals surface area contributed by atoms with Gasteiger partial charge in [-0.2, -0.15) is 0 Å². The SMILES string of the molecule is CCCCCN1CCC(/C=C/c2ccc([NH+](C)C)cc2)CC1. The highest BCUT2D eigenvalue weighted by molar-refractivity contribution is 5.51. The van der Waals surface area contributed by atoms with Crippen molar-refractivity contribution in [1.29, 1.82) is 0 Å². The number of quaternary nitrogens is 1. The molecule has 0 radical (unpaired) electrons. The Kier molecular flexibility index (Phi) is 7.14. The molecule has 1 heterocycles. The van der Waals surface area contributed by atoms with Gasteiger partial charge in [0.05, 0.1) is 14.1 Å². The second-order valence-electron chi connectivity index (χ2n) is 6.87. The minimum atomic E-state index is 0.765. The third-order valence-corrected chi connectivity index (χ3v) is 4.76. The Morgan fingerprint density at radius 2 is 1.77 bits per heavy atom. The van der Waals surface area contributed by atoms with Crippen molar-refractivity contribution in [2.24, 2.45) is 5.92 Å². The molecule has 0 bridgehead atoms. The van der Waals surface area contributed by atoms with E-state index in [0.717, 1.165) is 5.92 Å². The van der Waals surface area contributed by atoms with Crippen LogP contribution < -0.4 is 4.90 Å². The van der Waals surface area contributed by atoms with Gasteiger partial charge >= 0.3 is 0 Å². The Labute approximate surface area is 136 Å². The summed E-state index contributed by atoms with van der Waals surface area (Å²) in [6, 6.07) is 8.92. The summed E-state index contributed by atoms with van der Waals surface area (Å²) in [5.74, 6) is 0.765. The number of nitrogens with one attached hydrogen (secondary N) is 1. The van der Waals surface area contributed by atoms with E-state index >= 15 is 0 Å². The topological polar surface area (TPSA) is 7.68 Å². The van der Waals surface area contributed by atoms with E-state index in [1.165, 1.54) is 67.9 Å². The summed E-state index contributed by atoms with van der Waals surface area (Å²) in [6.07, 6.45) is 11.5. The first-order chi connectivity index (χ1) is 10.7. The molecule has 0 atom stereocenters. The molecule has 2 nitrogen and oxygen atoms in total. The predicted molar refractivity (Wildman–Crippen MR) is 96.6 cm³/mol. The van der Waals surface area contributed by atoms with Gasteiger partial charge in [-0.05, 0) is 74.6 Å². The summed E-state index contributed by atoms with van der Waals surface area (Å²) in [4.78, 5) is 4.03. The first kappa shape index (κ1) is 17.2. The van der Waals surface area contributed by atoms with Gasteiger partial charge in [0.1, 0.15) is 5.69 Å². The lowest BCUT2D eigenvalue weighted by Gasteiger charge is -2.30. The molecule has 1 fully saturated rings. The lowest BCUT2D eigenvalue weighted by Crippen LogP contribution is -3.00. The summed E-state index contributed by atoms with van der Waals surface area (Å²) >= 11 is 0. The average Bonchev–Trinajstić information content (AvgIpc) is 2.55. The van der Waals surface area contributed by atoms with Gasteiger partial charge in [-0.15, -0.1) is 0 Å². The van der Waals surface area contributed by atoms with Crippen LogP contribution in [0.4, 0.5) is 5.69 Å². The van der Waals surface area contributed by atoms with Gasteiger partial charge in [-0.25, -0.2) is 0 Å². The van der Waals surface area contributed by atoms with Gasteiger partial charge in [0.2, 0.25) is 0 Å². The normalized spacial score (nSPS) is 17.6. The summed E-state index contributed by atoms with van der Waals surface area (Å²) < 4.78 is 0. The van der Waals surface area contributed by atoms with Crippen molar-refractivity contribution in [3.63, 3.8) is 0 Å². The third kappa shape index (κ3) is 5.58. The fraction of sp³-hybridized carbons (Fsp3) is 0.600. The van der Waals surface area contributed by atoms with Crippen molar-refractivity contribution < 1.29 is 4.90 Å². The van der Waals surface area contributed by atoms with E-state index in [4.69, 9.17) is 0 Å². The third-order valence-electron chi connectivity index (χ3n) is 4.76. The smallest absolute Gasteiger partial charge is 0.130 e. The zero-order valence-electron chi connectivity index (χ0n) is 14.6. The van der Waals surface area contributed by atoms with Crippen molar-refractivity contribution in [1.82, 2.24) is 4.90 Å². The first-order valence-corrected chi connectivity index (χ1v) is 9.00. The largest absolute Gasteiger partial charge is 0.307 e. The monoisotopic (exact) mass is 301 g/mol. The lowest BCUT2D eigenvalue weighted by atomic mass is 9.95.